The fourth-order valence-electron chi connectivity index (χ4n) is 2.67. The second kappa shape index (κ2) is 8.26. The highest BCUT2D eigenvalue weighted by Gasteiger charge is 2.30. The van der Waals surface area contributed by atoms with E-state index in [0.717, 1.165) is 16.6 Å². The van der Waals surface area contributed by atoms with Crippen molar-refractivity contribution in [3.63, 3.8) is 0 Å². The average Bonchev–Trinajstić information content (AvgIpc) is 2.56. The summed E-state index contributed by atoms with van der Waals surface area (Å²) in [4.78, 5) is 14.4. The van der Waals surface area contributed by atoms with E-state index in [0.29, 0.717) is 32.9 Å². The van der Waals surface area contributed by atoms with E-state index in [1.54, 1.807) is 0 Å². The Balaban J connectivity index is 0.00000176. The van der Waals surface area contributed by atoms with Gasteiger partial charge >= 0.3 is 0 Å². The number of benzene rings is 1. The van der Waals surface area contributed by atoms with Crippen LogP contribution in [0.1, 0.15) is 11.7 Å². The van der Waals surface area contributed by atoms with Crippen molar-refractivity contribution in [2.45, 2.75) is 12.1 Å². The number of nitrogens with one attached hydrogen (secondary N) is 1. The van der Waals surface area contributed by atoms with Crippen LogP contribution >= 0.6 is 28.3 Å². The van der Waals surface area contributed by atoms with Crippen molar-refractivity contribution in [1.82, 2.24) is 10.2 Å². The molecule has 3 rings (SSSR count). The van der Waals surface area contributed by atoms with E-state index in [1.807, 2.05) is 29.2 Å². The number of carbonyl (C=O) groups excluding carboxylic acids is 1. The van der Waals surface area contributed by atoms with Crippen LogP contribution in [-0.2, 0) is 14.3 Å². The van der Waals surface area contributed by atoms with Crippen molar-refractivity contribution in [2.75, 3.05) is 39.5 Å². The molecule has 0 aromatic heterocycles. The Hall–Kier alpha value is -0.660. The van der Waals surface area contributed by atoms with Gasteiger partial charge in [-0.25, -0.2) is 0 Å². The van der Waals surface area contributed by atoms with E-state index in [1.165, 1.54) is 0 Å². The minimum atomic E-state index is -0.220. The maximum absolute atomic E-state index is 12.5. The molecule has 122 valence electrons. The predicted molar refractivity (Wildman–Crippen MR) is 89.3 cm³/mol. The fraction of sp³-hybridized carbons (Fsp3) is 0.533. The second-order valence-electron chi connectivity index (χ2n) is 5.28. The molecule has 2 atom stereocenters. The zero-order valence-electron chi connectivity index (χ0n) is 12.2. The summed E-state index contributed by atoms with van der Waals surface area (Å²) in [5, 5.41) is 3.22. The van der Waals surface area contributed by atoms with Crippen LogP contribution in [0.4, 0.5) is 0 Å². The van der Waals surface area contributed by atoms with E-state index in [-0.39, 0.29) is 30.5 Å². The molecule has 0 bridgehead atoms. The molecule has 2 saturated heterocycles. The number of ether oxygens (including phenoxy) is 2. The van der Waals surface area contributed by atoms with Gasteiger partial charge in [-0.05, 0) is 17.7 Å². The molecule has 0 radical (unpaired) electrons. The third-order valence-corrected chi connectivity index (χ3v) is 4.37. The number of morpholine rings is 2. The van der Waals surface area contributed by atoms with Crippen LogP contribution in [0.2, 0.25) is 0 Å². The van der Waals surface area contributed by atoms with Crippen molar-refractivity contribution in [1.29, 1.82) is 0 Å². The molecule has 2 aliphatic heterocycles. The van der Waals surface area contributed by atoms with Crippen molar-refractivity contribution in [3.05, 3.63) is 34.3 Å². The smallest absolute Gasteiger partial charge is 0.242 e. The summed E-state index contributed by atoms with van der Waals surface area (Å²) in [6, 6.07) is 7.84. The Labute approximate surface area is 144 Å². The molecule has 1 amide bonds. The van der Waals surface area contributed by atoms with Gasteiger partial charge in [-0.3, -0.25) is 4.79 Å². The maximum atomic E-state index is 12.5. The van der Waals surface area contributed by atoms with E-state index in [2.05, 4.69) is 21.2 Å². The van der Waals surface area contributed by atoms with Crippen molar-refractivity contribution in [3.8, 4) is 0 Å². The van der Waals surface area contributed by atoms with Crippen molar-refractivity contribution in [2.24, 2.45) is 0 Å². The first-order chi connectivity index (χ1) is 10.2. The molecular formula is C15H20BrClN2O3. The monoisotopic (exact) mass is 390 g/mol. The molecule has 22 heavy (non-hydrogen) atoms. The van der Waals surface area contributed by atoms with Crippen LogP contribution in [0.3, 0.4) is 0 Å². The minimum absolute atomic E-state index is 0. The molecule has 0 saturated carbocycles. The number of hydrogen-bond acceptors (Lipinski definition) is 4. The molecule has 2 fully saturated rings. The lowest BCUT2D eigenvalue weighted by Crippen LogP contribution is -2.55. The fourth-order valence-corrected chi connectivity index (χ4v) is 2.94. The van der Waals surface area contributed by atoms with Crippen LogP contribution in [0.15, 0.2) is 28.7 Å². The quantitative estimate of drug-likeness (QED) is 0.835. The van der Waals surface area contributed by atoms with Crippen LogP contribution in [0.5, 0.6) is 0 Å². The summed E-state index contributed by atoms with van der Waals surface area (Å²) in [5.74, 6) is 0.111. The zero-order chi connectivity index (χ0) is 14.7. The van der Waals surface area contributed by atoms with Gasteiger partial charge < -0.3 is 19.7 Å². The summed E-state index contributed by atoms with van der Waals surface area (Å²) >= 11 is 3.43. The molecule has 2 aliphatic rings. The Morgan fingerprint density at radius 1 is 1.27 bits per heavy atom. The van der Waals surface area contributed by atoms with Crippen LogP contribution in [0, 0.1) is 0 Å². The van der Waals surface area contributed by atoms with Crippen LogP contribution in [-0.4, -0.2) is 56.3 Å². The first kappa shape index (κ1) is 17.7. The Morgan fingerprint density at radius 2 is 2.05 bits per heavy atom. The highest BCUT2D eigenvalue weighted by Crippen LogP contribution is 2.24. The van der Waals surface area contributed by atoms with Crippen LogP contribution < -0.4 is 5.32 Å². The lowest BCUT2D eigenvalue weighted by molar-refractivity contribution is -0.144. The number of carbonyl (C=O) groups is 1. The van der Waals surface area contributed by atoms with Gasteiger partial charge in [0.2, 0.25) is 5.91 Å². The third kappa shape index (κ3) is 4.20. The van der Waals surface area contributed by atoms with Crippen LogP contribution in [0.25, 0.3) is 0 Å². The van der Waals surface area contributed by atoms with Gasteiger partial charge in [-0.2, -0.15) is 0 Å². The Bertz CT molecular complexity index is 494. The van der Waals surface area contributed by atoms with Gasteiger partial charge in [0.25, 0.3) is 0 Å². The molecular weight excluding hydrogens is 372 g/mol. The first-order valence-corrected chi connectivity index (χ1v) is 8.00. The van der Waals surface area contributed by atoms with Crippen molar-refractivity contribution >= 4 is 34.2 Å². The molecule has 5 nitrogen and oxygen atoms in total. The second-order valence-corrected chi connectivity index (χ2v) is 6.19. The number of nitrogens with zero attached hydrogens (tertiary/aromatic N) is 1. The van der Waals surface area contributed by atoms with Gasteiger partial charge in [-0.1, -0.05) is 28.1 Å². The van der Waals surface area contributed by atoms with E-state index in [4.69, 9.17) is 9.47 Å². The van der Waals surface area contributed by atoms with Gasteiger partial charge in [0.15, 0.2) is 0 Å². The average molecular weight is 392 g/mol. The van der Waals surface area contributed by atoms with E-state index in [9.17, 15) is 4.79 Å². The summed E-state index contributed by atoms with van der Waals surface area (Å²) in [5.41, 5.74) is 1.10. The Kier molecular flexibility index (Phi) is 6.65. The highest BCUT2D eigenvalue weighted by atomic mass is 79.9. The molecule has 1 N–H and O–H groups in total. The molecule has 1 aromatic rings. The summed E-state index contributed by atoms with van der Waals surface area (Å²) in [6.45, 7) is 3.67. The molecule has 1 aromatic carbocycles. The largest absolute Gasteiger partial charge is 0.378 e. The molecule has 2 unspecified atom stereocenters. The zero-order valence-corrected chi connectivity index (χ0v) is 14.6. The van der Waals surface area contributed by atoms with Gasteiger partial charge in [0.05, 0.1) is 26.4 Å². The minimum Gasteiger partial charge on any atom is -0.378 e. The molecule has 2 heterocycles. The first-order valence-electron chi connectivity index (χ1n) is 7.21. The normalized spacial score (nSPS) is 25.4. The van der Waals surface area contributed by atoms with Gasteiger partial charge in [-0.15, -0.1) is 12.4 Å². The van der Waals surface area contributed by atoms with E-state index < -0.39 is 0 Å². The summed E-state index contributed by atoms with van der Waals surface area (Å²) in [6.07, 6.45) is -0.0553. The third-order valence-electron chi connectivity index (χ3n) is 3.84. The van der Waals surface area contributed by atoms with Crippen molar-refractivity contribution < 1.29 is 14.3 Å². The number of hydrogen-bond donors (Lipinski definition) is 1. The topological polar surface area (TPSA) is 50.8 Å². The lowest BCUT2D eigenvalue weighted by atomic mass is 10.1. The maximum Gasteiger partial charge on any atom is 0.242 e. The summed E-state index contributed by atoms with van der Waals surface area (Å²) < 4.78 is 12.2. The van der Waals surface area contributed by atoms with Gasteiger partial charge in [0, 0.05) is 17.6 Å². The molecule has 0 aliphatic carbocycles. The number of rotatable bonds is 2. The Morgan fingerprint density at radius 3 is 2.73 bits per heavy atom. The number of halogens is 2. The predicted octanol–water partition coefficient (Wildman–Crippen LogP) is 1.76. The SMILES string of the molecule is Cl.O=C(C1COCCN1)N1CCOC(c2ccc(Br)cc2)C1. The van der Waals surface area contributed by atoms with E-state index >= 15 is 0 Å². The highest BCUT2D eigenvalue weighted by molar-refractivity contribution is 9.10. The molecule has 0 spiro atoms. The number of amides is 1. The summed E-state index contributed by atoms with van der Waals surface area (Å²) in [7, 11) is 0. The molecule has 7 heteroatoms. The standard InChI is InChI=1S/C15H19BrN2O3.ClH/c16-12-3-1-11(2-4-12)14-9-18(6-8-21-14)15(19)13-10-20-7-5-17-13;/h1-4,13-14,17H,5-10H2;1H. The lowest BCUT2D eigenvalue weighted by Gasteiger charge is -2.36. The van der Waals surface area contributed by atoms with Gasteiger partial charge in [0.1, 0.15) is 12.1 Å².